The highest BCUT2D eigenvalue weighted by Gasteiger charge is 2.29. The SMILES string of the molecule is O=C1CCCC[C@@H]1[C@H](O)c1ccc2ccccc2c1. The van der Waals surface area contributed by atoms with E-state index in [0.717, 1.165) is 35.6 Å². The summed E-state index contributed by atoms with van der Waals surface area (Å²) in [7, 11) is 0. The summed E-state index contributed by atoms with van der Waals surface area (Å²) in [5.41, 5.74) is 0.860. The number of rotatable bonds is 2. The maximum Gasteiger partial charge on any atom is 0.138 e. The minimum Gasteiger partial charge on any atom is -0.388 e. The number of hydrogen-bond acceptors (Lipinski definition) is 2. The molecular weight excluding hydrogens is 236 g/mol. The van der Waals surface area contributed by atoms with E-state index in [2.05, 4.69) is 6.07 Å². The molecule has 1 saturated carbocycles. The van der Waals surface area contributed by atoms with Crippen molar-refractivity contribution < 1.29 is 9.90 Å². The van der Waals surface area contributed by atoms with Gasteiger partial charge in [0.25, 0.3) is 0 Å². The lowest BCUT2D eigenvalue weighted by Crippen LogP contribution is -2.25. The molecule has 1 N–H and O–H groups in total. The minimum absolute atomic E-state index is 0.213. The minimum atomic E-state index is -0.655. The Morgan fingerprint density at radius 2 is 1.84 bits per heavy atom. The molecule has 19 heavy (non-hydrogen) atoms. The first-order chi connectivity index (χ1) is 9.25. The largest absolute Gasteiger partial charge is 0.388 e. The summed E-state index contributed by atoms with van der Waals surface area (Å²) in [6.07, 6.45) is 2.79. The number of carbonyl (C=O) groups is 1. The average molecular weight is 254 g/mol. The number of ketones is 1. The number of Topliss-reactive ketones (excluding diaryl/α,β-unsaturated/α-hetero) is 1. The van der Waals surface area contributed by atoms with Gasteiger partial charge in [0.15, 0.2) is 0 Å². The Balaban J connectivity index is 1.92. The Bertz CT molecular complexity index is 603. The Kier molecular flexibility index (Phi) is 3.34. The fraction of sp³-hybridized carbons (Fsp3) is 0.353. The maximum atomic E-state index is 11.9. The van der Waals surface area contributed by atoms with Crippen LogP contribution in [0, 0.1) is 5.92 Å². The summed E-state index contributed by atoms with van der Waals surface area (Å²) in [6.45, 7) is 0. The van der Waals surface area contributed by atoms with Crippen LogP contribution in [0.15, 0.2) is 42.5 Å². The molecule has 1 fully saturated rings. The molecule has 0 radical (unpaired) electrons. The Labute approximate surface area is 113 Å². The monoisotopic (exact) mass is 254 g/mol. The third-order valence-corrected chi connectivity index (χ3v) is 4.10. The van der Waals surface area contributed by atoms with Crippen LogP contribution in [0.25, 0.3) is 10.8 Å². The van der Waals surface area contributed by atoms with Gasteiger partial charge in [0.05, 0.1) is 6.10 Å². The summed E-state index contributed by atoms with van der Waals surface area (Å²) in [4.78, 5) is 11.9. The van der Waals surface area contributed by atoms with E-state index in [1.807, 2.05) is 36.4 Å². The van der Waals surface area contributed by atoms with Crippen LogP contribution in [0.2, 0.25) is 0 Å². The molecule has 2 heteroatoms. The highest BCUT2D eigenvalue weighted by Crippen LogP contribution is 2.33. The molecule has 0 heterocycles. The third kappa shape index (κ3) is 2.41. The lowest BCUT2D eigenvalue weighted by molar-refractivity contribution is -0.128. The van der Waals surface area contributed by atoms with Crippen molar-refractivity contribution in [3.8, 4) is 0 Å². The van der Waals surface area contributed by atoms with Gasteiger partial charge in [0, 0.05) is 12.3 Å². The van der Waals surface area contributed by atoms with Crippen molar-refractivity contribution in [2.24, 2.45) is 5.92 Å². The first-order valence-electron chi connectivity index (χ1n) is 6.95. The zero-order valence-corrected chi connectivity index (χ0v) is 10.9. The summed E-state index contributed by atoms with van der Waals surface area (Å²) < 4.78 is 0. The summed E-state index contributed by atoms with van der Waals surface area (Å²) in [5, 5.41) is 12.7. The molecule has 0 amide bonds. The predicted octanol–water partition coefficient (Wildman–Crippen LogP) is 3.63. The van der Waals surface area contributed by atoms with E-state index in [1.165, 1.54) is 0 Å². The van der Waals surface area contributed by atoms with Crippen molar-refractivity contribution in [3.63, 3.8) is 0 Å². The average Bonchev–Trinajstić information content (AvgIpc) is 2.46. The summed E-state index contributed by atoms with van der Waals surface area (Å²) in [6, 6.07) is 14.0. The topological polar surface area (TPSA) is 37.3 Å². The van der Waals surface area contributed by atoms with E-state index in [4.69, 9.17) is 0 Å². The fourth-order valence-corrected chi connectivity index (χ4v) is 2.97. The van der Waals surface area contributed by atoms with Crippen LogP contribution in [0.3, 0.4) is 0 Å². The quantitative estimate of drug-likeness (QED) is 0.888. The smallest absolute Gasteiger partial charge is 0.138 e. The molecule has 0 saturated heterocycles. The summed E-state index contributed by atoms with van der Waals surface area (Å²) >= 11 is 0. The second-order valence-corrected chi connectivity index (χ2v) is 5.37. The second-order valence-electron chi connectivity index (χ2n) is 5.37. The number of carbonyl (C=O) groups excluding carboxylic acids is 1. The van der Waals surface area contributed by atoms with Crippen LogP contribution >= 0.6 is 0 Å². The van der Waals surface area contributed by atoms with Crippen LogP contribution in [0.4, 0.5) is 0 Å². The van der Waals surface area contributed by atoms with E-state index in [1.54, 1.807) is 0 Å². The molecule has 2 nitrogen and oxygen atoms in total. The van der Waals surface area contributed by atoms with Crippen LogP contribution in [0.1, 0.15) is 37.4 Å². The molecule has 1 aliphatic carbocycles. The number of hydrogen-bond donors (Lipinski definition) is 1. The van der Waals surface area contributed by atoms with Gasteiger partial charge in [-0.3, -0.25) is 4.79 Å². The van der Waals surface area contributed by atoms with E-state index in [-0.39, 0.29) is 11.7 Å². The Morgan fingerprint density at radius 3 is 2.63 bits per heavy atom. The van der Waals surface area contributed by atoms with Crippen LogP contribution in [0.5, 0.6) is 0 Å². The number of fused-ring (bicyclic) bond motifs is 1. The Hall–Kier alpha value is -1.67. The standard InChI is InChI=1S/C17H18O2/c18-16-8-4-3-7-15(16)17(19)14-10-9-12-5-1-2-6-13(12)11-14/h1-2,5-6,9-11,15,17,19H,3-4,7-8H2/t15-,17+/m0/s1. The fourth-order valence-electron chi connectivity index (χ4n) is 2.97. The van der Waals surface area contributed by atoms with Gasteiger partial charge in [0.1, 0.15) is 5.78 Å². The molecular formula is C17H18O2. The lowest BCUT2D eigenvalue weighted by Gasteiger charge is -2.25. The van der Waals surface area contributed by atoms with Gasteiger partial charge in [-0.1, -0.05) is 42.8 Å². The van der Waals surface area contributed by atoms with Gasteiger partial charge in [0.2, 0.25) is 0 Å². The number of aliphatic hydroxyl groups excluding tert-OH is 1. The van der Waals surface area contributed by atoms with Crippen molar-refractivity contribution >= 4 is 16.6 Å². The maximum absolute atomic E-state index is 11.9. The molecule has 0 bridgehead atoms. The molecule has 1 aliphatic rings. The van der Waals surface area contributed by atoms with Crippen LogP contribution in [-0.2, 0) is 4.79 Å². The molecule has 2 aromatic rings. The number of aliphatic hydroxyl groups is 1. The molecule has 2 atom stereocenters. The Morgan fingerprint density at radius 1 is 1.05 bits per heavy atom. The normalized spacial score (nSPS) is 21.5. The van der Waals surface area contributed by atoms with Gasteiger partial charge in [-0.2, -0.15) is 0 Å². The molecule has 98 valence electrons. The molecule has 3 rings (SSSR count). The predicted molar refractivity (Wildman–Crippen MR) is 75.9 cm³/mol. The second kappa shape index (κ2) is 5.14. The van der Waals surface area contributed by atoms with Gasteiger partial charge >= 0.3 is 0 Å². The van der Waals surface area contributed by atoms with Crippen molar-refractivity contribution in [2.75, 3.05) is 0 Å². The van der Waals surface area contributed by atoms with Gasteiger partial charge < -0.3 is 5.11 Å². The molecule has 2 aromatic carbocycles. The summed E-state index contributed by atoms with van der Waals surface area (Å²) in [5.74, 6) is 0.00169. The molecule has 0 spiro atoms. The van der Waals surface area contributed by atoms with Crippen molar-refractivity contribution in [3.05, 3.63) is 48.0 Å². The first-order valence-corrected chi connectivity index (χ1v) is 6.95. The van der Waals surface area contributed by atoms with E-state index in [9.17, 15) is 9.90 Å². The van der Waals surface area contributed by atoms with Crippen molar-refractivity contribution in [1.29, 1.82) is 0 Å². The van der Waals surface area contributed by atoms with E-state index < -0.39 is 6.10 Å². The van der Waals surface area contributed by atoms with Crippen LogP contribution < -0.4 is 0 Å². The van der Waals surface area contributed by atoms with Crippen LogP contribution in [-0.4, -0.2) is 10.9 Å². The highest BCUT2D eigenvalue weighted by molar-refractivity contribution is 5.84. The van der Waals surface area contributed by atoms with E-state index in [0.29, 0.717) is 6.42 Å². The zero-order chi connectivity index (χ0) is 13.2. The van der Waals surface area contributed by atoms with E-state index >= 15 is 0 Å². The molecule has 0 aliphatic heterocycles. The first kappa shape index (κ1) is 12.4. The van der Waals surface area contributed by atoms with Gasteiger partial charge in [-0.05, 0) is 35.2 Å². The molecule has 0 unspecified atom stereocenters. The number of benzene rings is 2. The van der Waals surface area contributed by atoms with Crippen molar-refractivity contribution in [2.45, 2.75) is 31.8 Å². The molecule has 0 aromatic heterocycles. The zero-order valence-electron chi connectivity index (χ0n) is 10.9. The third-order valence-electron chi connectivity index (χ3n) is 4.10. The van der Waals surface area contributed by atoms with Gasteiger partial charge in [-0.15, -0.1) is 0 Å². The highest BCUT2D eigenvalue weighted by atomic mass is 16.3. The lowest BCUT2D eigenvalue weighted by atomic mass is 9.81. The van der Waals surface area contributed by atoms with Crippen molar-refractivity contribution in [1.82, 2.24) is 0 Å². The van der Waals surface area contributed by atoms with Gasteiger partial charge in [-0.25, -0.2) is 0 Å².